The maximum atomic E-state index is 13.2. The molecular formula is C13H18ClFN2. The van der Waals surface area contributed by atoms with Gasteiger partial charge in [0.2, 0.25) is 5.95 Å². The van der Waals surface area contributed by atoms with E-state index in [0.29, 0.717) is 5.56 Å². The molecule has 0 unspecified atom stereocenters. The van der Waals surface area contributed by atoms with Crippen LogP contribution < -0.4 is 0 Å². The molecule has 4 heteroatoms. The highest BCUT2D eigenvalue weighted by Crippen LogP contribution is 2.46. The lowest BCUT2D eigenvalue weighted by Crippen LogP contribution is -2.35. The average molecular weight is 257 g/mol. The van der Waals surface area contributed by atoms with Gasteiger partial charge in [0.15, 0.2) is 0 Å². The number of aryl methyl sites for hydroxylation is 1. The van der Waals surface area contributed by atoms with Crippen LogP contribution in [0.3, 0.4) is 0 Å². The normalized spacial score (nSPS) is 22.2. The largest absolute Gasteiger partial charge is 0.294 e. The highest BCUT2D eigenvalue weighted by atomic mass is 35.5. The summed E-state index contributed by atoms with van der Waals surface area (Å²) in [4.78, 5) is 6.44. The molecule has 1 aromatic rings. The Balaban J connectivity index is 0.00000108. The fraction of sp³-hybridized carbons (Fsp3) is 0.615. The van der Waals surface area contributed by atoms with Gasteiger partial charge in [0, 0.05) is 17.3 Å². The molecule has 3 heterocycles. The number of fused-ring (bicyclic) bond motifs is 1. The van der Waals surface area contributed by atoms with E-state index in [2.05, 4.69) is 9.88 Å². The number of rotatable bonds is 1. The van der Waals surface area contributed by atoms with Crippen molar-refractivity contribution in [2.24, 2.45) is 0 Å². The maximum Gasteiger partial charge on any atom is 0.215 e. The molecule has 0 atom stereocenters. The number of halogens is 2. The molecule has 0 spiro atoms. The lowest BCUT2D eigenvalue weighted by atomic mass is 9.86. The monoisotopic (exact) mass is 256 g/mol. The first-order chi connectivity index (χ1) is 7.72. The zero-order valence-corrected chi connectivity index (χ0v) is 10.9. The zero-order chi connectivity index (χ0) is 11.2. The number of nitrogens with zero attached hydrogens (tertiary/aromatic N) is 2. The van der Waals surface area contributed by atoms with Crippen LogP contribution in [0, 0.1) is 12.9 Å². The van der Waals surface area contributed by atoms with Gasteiger partial charge in [-0.25, -0.2) is 4.98 Å². The van der Waals surface area contributed by atoms with Crippen molar-refractivity contribution in [3.63, 3.8) is 0 Å². The van der Waals surface area contributed by atoms with Gasteiger partial charge in [-0.3, -0.25) is 4.90 Å². The van der Waals surface area contributed by atoms with Crippen LogP contribution in [-0.2, 0) is 5.54 Å². The summed E-state index contributed by atoms with van der Waals surface area (Å²) in [6, 6.07) is 1.99. The van der Waals surface area contributed by atoms with Gasteiger partial charge in [-0.05, 0) is 57.3 Å². The summed E-state index contributed by atoms with van der Waals surface area (Å²) in [6.45, 7) is 4.18. The first-order valence-corrected chi connectivity index (χ1v) is 6.10. The van der Waals surface area contributed by atoms with E-state index in [-0.39, 0.29) is 23.9 Å². The van der Waals surface area contributed by atoms with Crippen LogP contribution in [0.15, 0.2) is 12.3 Å². The average Bonchev–Trinajstić information content (AvgIpc) is 2.81. The standard InChI is InChI=1S/C13H17FN2.ClH/c1-10-8-11(9-15-12(10)14)13-4-2-6-16(13)7-3-5-13;/h8-9H,2-7H2,1H3;1H. The van der Waals surface area contributed by atoms with Gasteiger partial charge in [0.25, 0.3) is 0 Å². The Morgan fingerprint density at radius 3 is 2.53 bits per heavy atom. The van der Waals surface area contributed by atoms with Crippen molar-refractivity contribution >= 4 is 12.4 Å². The van der Waals surface area contributed by atoms with Crippen molar-refractivity contribution in [1.29, 1.82) is 0 Å². The minimum absolute atomic E-state index is 0. The number of pyridine rings is 1. The molecule has 0 N–H and O–H groups in total. The van der Waals surface area contributed by atoms with Gasteiger partial charge in [0.1, 0.15) is 0 Å². The van der Waals surface area contributed by atoms with Crippen molar-refractivity contribution < 1.29 is 4.39 Å². The molecule has 1 aromatic heterocycles. The van der Waals surface area contributed by atoms with Crippen LogP contribution in [0.4, 0.5) is 4.39 Å². The Morgan fingerprint density at radius 1 is 1.29 bits per heavy atom. The molecule has 94 valence electrons. The fourth-order valence-corrected chi connectivity index (χ4v) is 3.39. The Morgan fingerprint density at radius 2 is 1.94 bits per heavy atom. The highest BCUT2D eigenvalue weighted by molar-refractivity contribution is 5.85. The van der Waals surface area contributed by atoms with Crippen LogP contribution in [0.2, 0.25) is 0 Å². The molecule has 0 bridgehead atoms. The summed E-state index contributed by atoms with van der Waals surface area (Å²) in [5.41, 5.74) is 2.08. The van der Waals surface area contributed by atoms with Crippen molar-refractivity contribution in [1.82, 2.24) is 9.88 Å². The van der Waals surface area contributed by atoms with E-state index < -0.39 is 0 Å². The molecule has 2 fully saturated rings. The lowest BCUT2D eigenvalue weighted by molar-refractivity contribution is 0.196. The molecule has 2 saturated heterocycles. The fourth-order valence-electron chi connectivity index (χ4n) is 3.39. The van der Waals surface area contributed by atoms with Gasteiger partial charge in [0.05, 0.1) is 0 Å². The van der Waals surface area contributed by atoms with Gasteiger partial charge >= 0.3 is 0 Å². The minimum atomic E-state index is -0.331. The SMILES string of the molecule is Cc1cc(C23CCCN2CCC3)cnc1F.Cl. The zero-order valence-electron chi connectivity index (χ0n) is 10.1. The molecular weight excluding hydrogens is 239 g/mol. The summed E-state index contributed by atoms with van der Waals surface area (Å²) in [6.07, 6.45) is 6.68. The Labute approximate surface area is 108 Å². The topological polar surface area (TPSA) is 16.1 Å². The van der Waals surface area contributed by atoms with E-state index in [9.17, 15) is 4.39 Å². The van der Waals surface area contributed by atoms with E-state index >= 15 is 0 Å². The minimum Gasteiger partial charge on any atom is -0.294 e. The summed E-state index contributed by atoms with van der Waals surface area (Å²) in [5, 5.41) is 0. The summed E-state index contributed by atoms with van der Waals surface area (Å²) in [7, 11) is 0. The number of hydrogen-bond acceptors (Lipinski definition) is 2. The Hall–Kier alpha value is -0.670. The van der Waals surface area contributed by atoms with Crippen molar-refractivity contribution in [2.45, 2.75) is 38.1 Å². The van der Waals surface area contributed by atoms with Crippen LogP contribution >= 0.6 is 12.4 Å². The first-order valence-electron chi connectivity index (χ1n) is 6.10. The molecule has 3 rings (SSSR count). The van der Waals surface area contributed by atoms with E-state index in [4.69, 9.17) is 0 Å². The van der Waals surface area contributed by atoms with E-state index in [1.165, 1.54) is 44.3 Å². The Bertz CT molecular complexity index is 412. The van der Waals surface area contributed by atoms with Crippen molar-refractivity contribution in [3.05, 3.63) is 29.3 Å². The van der Waals surface area contributed by atoms with E-state index in [1.54, 1.807) is 13.1 Å². The molecule has 17 heavy (non-hydrogen) atoms. The molecule has 0 aromatic carbocycles. The second-order valence-electron chi connectivity index (χ2n) is 5.06. The first kappa shape index (κ1) is 12.8. The summed E-state index contributed by atoms with van der Waals surface area (Å²) >= 11 is 0. The molecule has 0 saturated carbocycles. The number of aromatic nitrogens is 1. The smallest absolute Gasteiger partial charge is 0.215 e. The Kier molecular flexibility index (Phi) is 3.41. The van der Waals surface area contributed by atoms with Gasteiger partial charge in [-0.2, -0.15) is 4.39 Å². The third kappa shape index (κ3) is 1.85. The van der Waals surface area contributed by atoms with Gasteiger partial charge < -0.3 is 0 Å². The molecule has 2 aliphatic heterocycles. The van der Waals surface area contributed by atoms with Crippen molar-refractivity contribution in [3.8, 4) is 0 Å². The molecule has 0 radical (unpaired) electrons. The second kappa shape index (κ2) is 4.54. The number of hydrogen-bond donors (Lipinski definition) is 0. The van der Waals surface area contributed by atoms with Crippen molar-refractivity contribution in [2.75, 3.05) is 13.1 Å². The van der Waals surface area contributed by atoms with Gasteiger partial charge in [-0.1, -0.05) is 0 Å². The third-order valence-electron chi connectivity index (χ3n) is 4.19. The van der Waals surface area contributed by atoms with Crippen LogP contribution in [0.1, 0.15) is 36.8 Å². The van der Waals surface area contributed by atoms with E-state index in [1.807, 2.05) is 6.07 Å². The summed E-state index contributed by atoms with van der Waals surface area (Å²) in [5.74, 6) is -0.331. The summed E-state index contributed by atoms with van der Waals surface area (Å²) < 4.78 is 13.2. The van der Waals surface area contributed by atoms with E-state index in [0.717, 1.165) is 0 Å². The molecule has 2 nitrogen and oxygen atoms in total. The lowest BCUT2D eigenvalue weighted by Gasteiger charge is -2.32. The highest BCUT2D eigenvalue weighted by Gasteiger charge is 2.45. The predicted octanol–water partition coefficient (Wildman–Crippen LogP) is 3.04. The molecule has 0 aliphatic carbocycles. The molecule has 0 amide bonds. The second-order valence-corrected chi connectivity index (χ2v) is 5.06. The third-order valence-corrected chi connectivity index (χ3v) is 4.19. The van der Waals surface area contributed by atoms with Crippen LogP contribution in [-0.4, -0.2) is 23.0 Å². The van der Waals surface area contributed by atoms with Crippen LogP contribution in [0.5, 0.6) is 0 Å². The quantitative estimate of drug-likeness (QED) is 0.718. The molecule has 2 aliphatic rings. The maximum absolute atomic E-state index is 13.2. The van der Waals surface area contributed by atoms with Crippen LogP contribution in [0.25, 0.3) is 0 Å². The predicted molar refractivity (Wildman–Crippen MR) is 67.9 cm³/mol. The van der Waals surface area contributed by atoms with Gasteiger partial charge in [-0.15, -0.1) is 12.4 Å².